The van der Waals surface area contributed by atoms with Gasteiger partial charge in [0, 0.05) is 6.07 Å². The van der Waals surface area contributed by atoms with Crippen LogP contribution in [0.1, 0.15) is 11.3 Å². The van der Waals surface area contributed by atoms with Crippen molar-refractivity contribution in [1.82, 2.24) is 4.98 Å². The SMILES string of the molecule is C=Cc1cc(F)c(Oc2ccc(C)cc2)cn1. The van der Waals surface area contributed by atoms with Crippen LogP contribution in [-0.4, -0.2) is 4.98 Å². The Balaban J connectivity index is 2.24. The van der Waals surface area contributed by atoms with E-state index in [1.54, 1.807) is 12.1 Å². The van der Waals surface area contributed by atoms with Gasteiger partial charge in [0.15, 0.2) is 11.6 Å². The Bertz CT molecular complexity index is 534. The first kappa shape index (κ1) is 11.3. The largest absolute Gasteiger partial charge is 0.453 e. The van der Waals surface area contributed by atoms with Crippen molar-refractivity contribution < 1.29 is 9.13 Å². The molecule has 0 saturated carbocycles. The van der Waals surface area contributed by atoms with Gasteiger partial charge in [-0.2, -0.15) is 0 Å². The third-order valence-corrected chi connectivity index (χ3v) is 2.30. The summed E-state index contributed by atoms with van der Waals surface area (Å²) in [6.45, 7) is 5.50. The molecule has 0 aliphatic heterocycles. The molecule has 86 valence electrons. The summed E-state index contributed by atoms with van der Waals surface area (Å²) in [6.07, 6.45) is 2.84. The van der Waals surface area contributed by atoms with Crippen molar-refractivity contribution in [2.45, 2.75) is 6.92 Å². The van der Waals surface area contributed by atoms with Gasteiger partial charge in [0.05, 0.1) is 11.9 Å². The summed E-state index contributed by atoms with van der Waals surface area (Å²) in [6, 6.07) is 8.67. The van der Waals surface area contributed by atoms with E-state index in [4.69, 9.17) is 4.74 Å². The van der Waals surface area contributed by atoms with Gasteiger partial charge in [0.1, 0.15) is 5.75 Å². The van der Waals surface area contributed by atoms with E-state index in [2.05, 4.69) is 11.6 Å². The van der Waals surface area contributed by atoms with E-state index in [0.717, 1.165) is 5.56 Å². The number of rotatable bonds is 3. The fourth-order valence-electron chi connectivity index (χ4n) is 1.35. The lowest BCUT2D eigenvalue weighted by Crippen LogP contribution is -1.91. The summed E-state index contributed by atoms with van der Waals surface area (Å²) in [7, 11) is 0. The van der Waals surface area contributed by atoms with Crippen LogP contribution in [0.2, 0.25) is 0 Å². The summed E-state index contributed by atoms with van der Waals surface area (Å²) in [5.74, 6) is 0.248. The maximum Gasteiger partial charge on any atom is 0.181 e. The second-order valence-electron chi connectivity index (χ2n) is 3.66. The Morgan fingerprint density at radius 2 is 2.00 bits per heavy atom. The highest BCUT2D eigenvalue weighted by Gasteiger charge is 2.05. The molecular formula is C14H12FNO. The van der Waals surface area contributed by atoms with Crippen molar-refractivity contribution in [3.63, 3.8) is 0 Å². The predicted molar refractivity (Wildman–Crippen MR) is 65.5 cm³/mol. The molecule has 0 N–H and O–H groups in total. The number of ether oxygens (including phenoxy) is 1. The van der Waals surface area contributed by atoms with E-state index >= 15 is 0 Å². The van der Waals surface area contributed by atoms with Crippen LogP contribution in [0.5, 0.6) is 11.5 Å². The number of hydrogen-bond acceptors (Lipinski definition) is 2. The summed E-state index contributed by atoms with van der Waals surface area (Å²) < 4.78 is 19.0. The Labute approximate surface area is 99.4 Å². The summed E-state index contributed by atoms with van der Waals surface area (Å²) in [5, 5.41) is 0. The lowest BCUT2D eigenvalue weighted by atomic mass is 10.2. The minimum absolute atomic E-state index is 0.111. The average molecular weight is 229 g/mol. The van der Waals surface area contributed by atoms with E-state index < -0.39 is 5.82 Å². The molecule has 17 heavy (non-hydrogen) atoms. The number of aromatic nitrogens is 1. The molecule has 0 saturated heterocycles. The molecule has 0 bridgehead atoms. The molecule has 0 fully saturated rings. The lowest BCUT2D eigenvalue weighted by molar-refractivity contribution is 0.439. The Kier molecular flexibility index (Phi) is 3.19. The van der Waals surface area contributed by atoms with E-state index in [1.165, 1.54) is 18.3 Å². The maximum atomic E-state index is 13.6. The Morgan fingerprint density at radius 3 is 2.59 bits per heavy atom. The highest BCUT2D eigenvalue weighted by atomic mass is 19.1. The van der Waals surface area contributed by atoms with Crippen molar-refractivity contribution >= 4 is 6.08 Å². The fourth-order valence-corrected chi connectivity index (χ4v) is 1.35. The van der Waals surface area contributed by atoms with E-state index in [-0.39, 0.29) is 5.75 Å². The first-order chi connectivity index (χ1) is 8.19. The number of halogens is 1. The van der Waals surface area contributed by atoms with Gasteiger partial charge < -0.3 is 4.74 Å². The first-order valence-corrected chi connectivity index (χ1v) is 5.21. The quantitative estimate of drug-likeness (QED) is 0.794. The smallest absolute Gasteiger partial charge is 0.181 e. The molecule has 1 aromatic carbocycles. The second kappa shape index (κ2) is 4.78. The van der Waals surface area contributed by atoms with Gasteiger partial charge in [-0.3, -0.25) is 4.98 Å². The second-order valence-corrected chi connectivity index (χ2v) is 3.66. The molecular weight excluding hydrogens is 217 g/mol. The molecule has 2 rings (SSSR count). The van der Waals surface area contributed by atoms with Crippen LogP contribution in [0.4, 0.5) is 4.39 Å². The molecule has 2 nitrogen and oxygen atoms in total. The van der Waals surface area contributed by atoms with Crippen LogP contribution in [-0.2, 0) is 0 Å². The first-order valence-electron chi connectivity index (χ1n) is 5.21. The minimum atomic E-state index is -0.449. The van der Waals surface area contributed by atoms with E-state index in [0.29, 0.717) is 11.4 Å². The summed E-state index contributed by atoms with van der Waals surface area (Å²) in [4.78, 5) is 3.99. The van der Waals surface area contributed by atoms with Crippen molar-refractivity contribution in [3.8, 4) is 11.5 Å². The van der Waals surface area contributed by atoms with Crippen LogP contribution >= 0.6 is 0 Å². The van der Waals surface area contributed by atoms with Gasteiger partial charge >= 0.3 is 0 Å². The molecule has 1 aromatic heterocycles. The van der Waals surface area contributed by atoms with Crippen molar-refractivity contribution in [3.05, 3.63) is 60.2 Å². The summed E-state index contributed by atoms with van der Waals surface area (Å²) >= 11 is 0. The van der Waals surface area contributed by atoms with Crippen LogP contribution in [0.25, 0.3) is 6.08 Å². The van der Waals surface area contributed by atoms with Gasteiger partial charge in [-0.1, -0.05) is 24.3 Å². The third-order valence-electron chi connectivity index (χ3n) is 2.30. The van der Waals surface area contributed by atoms with Crippen molar-refractivity contribution in [1.29, 1.82) is 0 Å². The minimum Gasteiger partial charge on any atom is -0.453 e. The standard InChI is InChI=1S/C14H12FNO/c1-3-11-8-13(15)14(9-16-11)17-12-6-4-10(2)5-7-12/h3-9H,1H2,2H3. The van der Waals surface area contributed by atoms with E-state index in [9.17, 15) is 4.39 Å². The molecule has 0 aliphatic rings. The van der Waals surface area contributed by atoms with Gasteiger partial charge in [-0.25, -0.2) is 4.39 Å². The fraction of sp³-hybridized carbons (Fsp3) is 0.0714. The highest BCUT2D eigenvalue weighted by molar-refractivity contribution is 5.43. The maximum absolute atomic E-state index is 13.6. The number of hydrogen-bond donors (Lipinski definition) is 0. The van der Waals surface area contributed by atoms with Gasteiger partial charge in [0.25, 0.3) is 0 Å². The van der Waals surface area contributed by atoms with Crippen LogP contribution in [0.15, 0.2) is 43.1 Å². The molecule has 0 aliphatic carbocycles. The van der Waals surface area contributed by atoms with Crippen LogP contribution in [0, 0.1) is 12.7 Å². The third kappa shape index (κ3) is 2.69. The van der Waals surface area contributed by atoms with Crippen LogP contribution < -0.4 is 4.74 Å². The molecule has 0 unspecified atom stereocenters. The van der Waals surface area contributed by atoms with Crippen molar-refractivity contribution in [2.75, 3.05) is 0 Å². The number of nitrogens with zero attached hydrogens (tertiary/aromatic N) is 1. The highest BCUT2D eigenvalue weighted by Crippen LogP contribution is 2.24. The zero-order valence-electron chi connectivity index (χ0n) is 9.48. The van der Waals surface area contributed by atoms with Gasteiger partial charge in [0.2, 0.25) is 0 Å². The Hall–Kier alpha value is -2.16. The van der Waals surface area contributed by atoms with Gasteiger partial charge in [-0.15, -0.1) is 0 Å². The molecule has 3 heteroatoms. The van der Waals surface area contributed by atoms with Gasteiger partial charge in [-0.05, 0) is 25.1 Å². The molecule has 0 atom stereocenters. The zero-order valence-corrected chi connectivity index (χ0v) is 9.48. The lowest BCUT2D eigenvalue weighted by Gasteiger charge is -2.06. The predicted octanol–water partition coefficient (Wildman–Crippen LogP) is 3.96. The topological polar surface area (TPSA) is 22.1 Å². The molecule has 0 radical (unpaired) electrons. The summed E-state index contributed by atoms with van der Waals surface area (Å²) in [5.41, 5.74) is 1.61. The molecule has 0 amide bonds. The van der Waals surface area contributed by atoms with E-state index in [1.807, 2.05) is 19.1 Å². The van der Waals surface area contributed by atoms with Crippen molar-refractivity contribution in [2.24, 2.45) is 0 Å². The number of pyridine rings is 1. The number of benzene rings is 1. The molecule has 0 spiro atoms. The monoisotopic (exact) mass is 229 g/mol. The normalized spacial score (nSPS) is 10.0. The average Bonchev–Trinajstić information content (AvgIpc) is 2.34. The molecule has 1 heterocycles. The molecule has 2 aromatic rings. The zero-order chi connectivity index (χ0) is 12.3. The Morgan fingerprint density at radius 1 is 1.29 bits per heavy atom. The van der Waals surface area contributed by atoms with Crippen LogP contribution in [0.3, 0.4) is 0 Å². The number of aryl methyl sites for hydroxylation is 1.